The van der Waals surface area contributed by atoms with Gasteiger partial charge >= 0.3 is 5.97 Å². The summed E-state index contributed by atoms with van der Waals surface area (Å²) in [6.07, 6.45) is 0. The maximum Gasteiger partial charge on any atom is 0.344 e. The average Bonchev–Trinajstić information content (AvgIpc) is 2.83. The van der Waals surface area contributed by atoms with Gasteiger partial charge in [0.1, 0.15) is 11.3 Å². The molecule has 118 valence electrons. The van der Waals surface area contributed by atoms with Gasteiger partial charge in [-0.15, -0.1) is 0 Å². The van der Waals surface area contributed by atoms with Gasteiger partial charge in [-0.3, -0.25) is 0 Å². The van der Waals surface area contributed by atoms with Gasteiger partial charge < -0.3 is 9.26 Å². The van der Waals surface area contributed by atoms with Crippen LogP contribution in [0, 0.1) is 0 Å². The number of carbonyl (C=O) groups is 1. The lowest BCUT2D eigenvalue weighted by molar-refractivity contribution is 0.0522. The van der Waals surface area contributed by atoms with E-state index in [1.54, 1.807) is 25.1 Å². The molecule has 0 aliphatic heterocycles. The molecule has 2 aromatic rings. The molecule has 0 saturated heterocycles. The van der Waals surface area contributed by atoms with Crippen LogP contribution in [-0.2, 0) is 10.2 Å². The summed E-state index contributed by atoms with van der Waals surface area (Å²) in [5.41, 5.74) is 0.623. The highest BCUT2D eigenvalue weighted by atomic mass is 35.5. The molecule has 0 amide bonds. The van der Waals surface area contributed by atoms with Gasteiger partial charge in [0.15, 0.2) is 5.76 Å². The van der Waals surface area contributed by atoms with Crippen LogP contribution in [0.25, 0.3) is 11.3 Å². The molecule has 0 radical (unpaired) electrons. The van der Waals surface area contributed by atoms with Gasteiger partial charge in [0.05, 0.1) is 16.7 Å². The lowest BCUT2D eigenvalue weighted by Crippen LogP contribution is -2.17. The number of aromatic nitrogens is 1. The molecule has 1 heterocycles. The molecule has 0 N–H and O–H groups in total. The molecule has 1 aromatic carbocycles. The Balaban J connectivity index is 2.72. The van der Waals surface area contributed by atoms with Crippen LogP contribution >= 0.6 is 23.2 Å². The van der Waals surface area contributed by atoms with E-state index < -0.39 is 11.4 Å². The van der Waals surface area contributed by atoms with E-state index in [1.165, 1.54) is 0 Å². The summed E-state index contributed by atoms with van der Waals surface area (Å²) in [5, 5.41) is 4.82. The molecule has 6 heteroatoms. The van der Waals surface area contributed by atoms with Crippen molar-refractivity contribution in [3.63, 3.8) is 0 Å². The highest BCUT2D eigenvalue weighted by Gasteiger charge is 2.33. The highest BCUT2D eigenvalue weighted by molar-refractivity contribution is 6.39. The maximum atomic E-state index is 12.4. The van der Waals surface area contributed by atoms with E-state index in [4.69, 9.17) is 32.5 Å². The number of benzene rings is 1. The lowest BCUT2D eigenvalue weighted by atomic mass is 9.89. The smallest absolute Gasteiger partial charge is 0.344 e. The molecule has 4 nitrogen and oxygen atoms in total. The van der Waals surface area contributed by atoms with Gasteiger partial charge in [-0.2, -0.15) is 0 Å². The van der Waals surface area contributed by atoms with Crippen molar-refractivity contribution in [2.45, 2.75) is 33.1 Å². The number of hydrogen-bond donors (Lipinski definition) is 0. The van der Waals surface area contributed by atoms with Crippen molar-refractivity contribution in [2.75, 3.05) is 6.61 Å². The minimum Gasteiger partial charge on any atom is -0.462 e. The molecule has 0 saturated carbocycles. The number of rotatable bonds is 3. The minimum absolute atomic E-state index is 0.253. The summed E-state index contributed by atoms with van der Waals surface area (Å²) in [6.45, 7) is 7.77. The number of carbonyl (C=O) groups excluding carboxylic acids is 1. The first kappa shape index (κ1) is 16.8. The third-order valence-electron chi connectivity index (χ3n) is 3.05. The Labute approximate surface area is 139 Å². The topological polar surface area (TPSA) is 52.3 Å². The van der Waals surface area contributed by atoms with Gasteiger partial charge in [0.2, 0.25) is 0 Å². The van der Waals surface area contributed by atoms with E-state index in [0.29, 0.717) is 27.1 Å². The Morgan fingerprint density at radius 1 is 1.27 bits per heavy atom. The van der Waals surface area contributed by atoms with Crippen molar-refractivity contribution in [3.05, 3.63) is 39.6 Å². The van der Waals surface area contributed by atoms with Crippen LogP contribution in [-0.4, -0.2) is 17.7 Å². The van der Waals surface area contributed by atoms with Gasteiger partial charge in [-0.25, -0.2) is 4.79 Å². The Kier molecular flexibility index (Phi) is 4.83. The maximum absolute atomic E-state index is 12.4. The van der Waals surface area contributed by atoms with E-state index in [1.807, 2.05) is 20.8 Å². The van der Waals surface area contributed by atoms with Crippen LogP contribution in [0.4, 0.5) is 0 Å². The van der Waals surface area contributed by atoms with Gasteiger partial charge in [-0.05, 0) is 19.1 Å². The zero-order chi connectivity index (χ0) is 16.5. The summed E-state index contributed by atoms with van der Waals surface area (Å²) in [7, 11) is 0. The van der Waals surface area contributed by atoms with Crippen LogP contribution < -0.4 is 0 Å². The van der Waals surface area contributed by atoms with Gasteiger partial charge in [0.25, 0.3) is 0 Å². The zero-order valence-electron chi connectivity index (χ0n) is 12.9. The lowest BCUT2D eigenvalue weighted by Gasteiger charge is -2.16. The third kappa shape index (κ3) is 3.13. The predicted molar refractivity (Wildman–Crippen MR) is 86.6 cm³/mol. The predicted octanol–water partition coefficient (Wildman–Crippen LogP) is 5.12. The molecule has 2 rings (SSSR count). The second-order valence-corrected chi connectivity index (χ2v) is 6.62. The van der Waals surface area contributed by atoms with Crippen molar-refractivity contribution < 1.29 is 14.1 Å². The fraction of sp³-hybridized carbons (Fsp3) is 0.375. The van der Waals surface area contributed by atoms with Crippen LogP contribution in [0.15, 0.2) is 22.7 Å². The van der Waals surface area contributed by atoms with E-state index in [9.17, 15) is 4.79 Å². The number of halogens is 2. The van der Waals surface area contributed by atoms with Crippen molar-refractivity contribution >= 4 is 29.2 Å². The molecule has 0 fully saturated rings. The molecule has 0 spiro atoms. The van der Waals surface area contributed by atoms with Crippen molar-refractivity contribution in [1.82, 2.24) is 5.16 Å². The summed E-state index contributed by atoms with van der Waals surface area (Å²) < 4.78 is 10.6. The second kappa shape index (κ2) is 6.31. The van der Waals surface area contributed by atoms with Crippen molar-refractivity contribution in [1.29, 1.82) is 0 Å². The fourth-order valence-corrected chi connectivity index (χ4v) is 2.67. The number of esters is 1. The number of nitrogens with zero attached hydrogens (tertiary/aromatic N) is 1. The quantitative estimate of drug-likeness (QED) is 0.726. The SMILES string of the molecule is CCOC(=O)c1c(-c2c(Cl)cccc2Cl)noc1C(C)(C)C. The molecule has 0 bridgehead atoms. The average molecular weight is 342 g/mol. The Hall–Kier alpha value is -1.52. The highest BCUT2D eigenvalue weighted by Crippen LogP contribution is 2.39. The van der Waals surface area contributed by atoms with Crippen molar-refractivity contribution in [3.8, 4) is 11.3 Å². The second-order valence-electron chi connectivity index (χ2n) is 5.80. The summed E-state index contributed by atoms with van der Waals surface area (Å²) in [4.78, 5) is 12.4. The van der Waals surface area contributed by atoms with E-state index in [0.717, 1.165) is 0 Å². The summed E-state index contributed by atoms with van der Waals surface area (Å²) in [5.74, 6) is -0.0587. The van der Waals surface area contributed by atoms with Crippen LogP contribution in [0.5, 0.6) is 0 Å². The summed E-state index contributed by atoms with van der Waals surface area (Å²) >= 11 is 12.4. The molecule has 1 aromatic heterocycles. The Morgan fingerprint density at radius 3 is 2.36 bits per heavy atom. The molecule has 22 heavy (non-hydrogen) atoms. The summed E-state index contributed by atoms with van der Waals surface area (Å²) in [6, 6.07) is 5.09. The van der Waals surface area contributed by atoms with E-state index in [2.05, 4.69) is 5.16 Å². The van der Waals surface area contributed by atoms with E-state index in [-0.39, 0.29) is 12.2 Å². The number of hydrogen-bond acceptors (Lipinski definition) is 4. The van der Waals surface area contributed by atoms with Crippen LogP contribution in [0.1, 0.15) is 43.8 Å². The Morgan fingerprint density at radius 2 is 1.86 bits per heavy atom. The monoisotopic (exact) mass is 341 g/mol. The van der Waals surface area contributed by atoms with E-state index >= 15 is 0 Å². The molecule has 0 atom stereocenters. The van der Waals surface area contributed by atoms with Gasteiger partial charge in [0, 0.05) is 11.0 Å². The molecule has 0 unspecified atom stereocenters. The van der Waals surface area contributed by atoms with Gasteiger partial charge in [-0.1, -0.05) is 55.2 Å². The molecule has 0 aliphatic rings. The first-order chi connectivity index (χ1) is 10.3. The fourth-order valence-electron chi connectivity index (χ4n) is 2.09. The van der Waals surface area contributed by atoms with Crippen LogP contribution in [0.3, 0.4) is 0 Å². The standard InChI is InChI=1S/C16H17Cl2NO3/c1-5-21-15(20)12-13(19-22-14(12)16(2,3)4)11-9(17)7-6-8-10(11)18/h6-8H,5H2,1-4H3. The Bertz CT molecular complexity index is 682. The first-order valence-electron chi connectivity index (χ1n) is 6.89. The molecule has 0 aliphatic carbocycles. The minimum atomic E-state index is -0.500. The molecular weight excluding hydrogens is 325 g/mol. The molecular formula is C16H17Cl2NO3. The third-order valence-corrected chi connectivity index (χ3v) is 3.68. The number of ether oxygens (including phenoxy) is 1. The normalized spacial score (nSPS) is 11.5. The van der Waals surface area contributed by atoms with Crippen molar-refractivity contribution in [2.24, 2.45) is 0 Å². The largest absolute Gasteiger partial charge is 0.462 e. The van der Waals surface area contributed by atoms with Crippen LogP contribution in [0.2, 0.25) is 10.0 Å². The zero-order valence-corrected chi connectivity index (χ0v) is 14.4. The first-order valence-corrected chi connectivity index (χ1v) is 7.64.